The van der Waals surface area contributed by atoms with Crippen molar-refractivity contribution in [2.45, 2.75) is 52.4 Å². The Kier molecular flexibility index (Phi) is 5.76. The molecule has 1 N–H and O–H groups in total. The van der Waals surface area contributed by atoms with Gasteiger partial charge in [0.05, 0.1) is 0 Å². The van der Waals surface area contributed by atoms with Crippen molar-refractivity contribution in [3.8, 4) is 5.75 Å². The van der Waals surface area contributed by atoms with E-state index in [4.69, 9.17) is 0 Å². The van der Waals surface area contributed by atoms with Gasteiger partial charge in [-0.3, -0.25) is 0 Å². The van der Waals surface area contributed by atoms with Crippen LogP contribution < -0.4 is 0 Å². The predicted octanol–water partition coefficient (Wildman–Crippen LogP) is 3.34. The predicted molar refractivity (Wildman–Crippen MR) is 72.7 cm³/mol. The fourth-order valence-corrected chi connectivity index (χ4v) is 1.48. The Balaban J connectivity index is 0.00000225. The molecule has 0 bridgehead atoms. The zero-order valence-electron chi connectivity index (χ0n) is 10.7. The maximum atomic E-state index is 9.72. The Hall–Kier alpha value is 0.656. The molecule has 0 aliphatic rings. The first-order valence-electron chi connectivity index (χ1n) is 5.46. The van der Waals surface area contributed by atoms with Gasteiger partial charge in [-0.15, -0.1) is 0 Å². The zero-order chi connectivity index (χ0) is 11.9. The molecule has 0 spiro atoms. The molecule has 0 fully saturated rings. The molecule has 0 amide bonds. The topological polar surface area (TPSA) is 20.2 Å². The van der Waals surface area contributed by atoms with E-state index >= 15 is 0 Å². The van der Waals surface area contributed by atoms with Crippen LogP contribution in [0.4, 0.5) is 0 Å². The second-order valence-corrected chi connectivity index (χ2v) is 6.27. The maximum absolute atomic E-state index is 9.72. The van der Waals surface area contributed by atoms with E-state index in [9.17, 15) is 5.11 Å². The zero-order valence-corrected chi connectivity index (χ0v) is 10.7. The molecule has 2 heteroatoms. The second-order valence-electron chi connectivity index (χ2n) is 6.27. The Morgan fingerprint density at radius 2 is 1.06 bits per heavy atom. The molecule has 0 atom stereocenters. The Morgan fingerprint density at radius 3 is 1.31 bits per heavy atom. The number of hydrogen-bond donors (Lipinski definition) is 1. The number of phenols is 1. The van der Waals surface area contributed by atoms with E-state index in [1.807, 2.05) is 12.1 Å². The van der Waals surface area contributed by atoms with Crippen LogP contribution in [0.15, 0.2) is 18.2 Å². The van der Waals surface area contributed by atoms with E-state index < -0.39 is 0 Å². The number of aromatic hydroxyl groups is 1. The Morgan fingerprint density at radius 1 is 0.750 bits per heavy atom. The summed E-state index contributed by atoms with van der Waals surface area (Å²) < 4.78 is 0. The SMILES string of the molecule is CC(C)(C)c1cc(O)cc(C(C)(C)C)c1.[KH]. The van der Waals surface area contributed by atoms with Crippen LogP contribution in [0.25, 0.3) is 0 Å². The van der Waals surface area contributed by atoms with Gasteiger partial charge in [0.25, 0.3) is 0 Å². The molecule has 1 rings (SSSR count). The van der Waals surface area contributed by atoms with Crippen molar-refractivity contribution in [1.82, 2.24) is 0 Å². The average molecular weight is 246 g/mol. The van der Waals surface area contributed by atoms with Crippen LogP contribution in [0.2, 0.25) is 0 Å². The molecule has 0 aromatic heterocycles. The normalized spacial score (nSPS) is 12.1. The van der Waals surface area contributed by atoms with Gasteiger partial charge in [-0.25, -0.2) is 0 Å². The van der Waals surface area contributed by atoms with Gasteiger partial charge < -0.3 is 5.11 Å². The summed E-state index contributed by atoms with van der Waals surface area (Å²) in [6.07, 6.45) is 0. The third-order valence-corrected chi connectivity index (χ3v) is 2.65. The standard InChI is InChI=1S/C14H22O.K.H/c1-13(2,3)10-7-11(14(4,5)6)9-12(15)8-10;;/h7-9,15H,1-6H3;;. The molecule has 16 heavy (non-hydrogen) atoms. The van der Waals surface area contributed by atoms with Gasteiger partial charge in [-0.05, 0) is 34.1 Å². The van der Waals surface area contributed by atoms with Crippen molar-refractivity contribution in [2.75, 3.05) is 0 Å². The summed E-state index contributed by atoms with van der Waals surface area (Å²) in [7, 11) is 0. The van der Waals surface area contributed by atoms with E-state index in [0.717, 1.165) is 0 Å². The van der Waals surface area contributed by atoms with E-state index in [1.54, 1.807) is 0 Å². The first-order valence-corrected chi connectivity index (χ1v) is 5.46. The van der Waals surface area contributed by atoms with Crippen LogP contribution in [0.5, 0.6) is 5.75 Å². The van der Waals surface area contributed by atoms with Gasteiger partial charge in [0.2, 0.25) is 0 Å². The summed E-state index contributed by atoms with van der Waals surface area (Å²) in [5, 5.41) is 9.72. The Labute approximate surface area is 142 Å². The molecule has 0 aliphatic heterocycles. The summed E-state index contributed by atoms with van der Waals surface area (Å²) in [6, 6.07) is 5.91. The van der Waals surface area contributed by atoms with E-state index in [-0.39, 0.29) is 62.2 Å². The molecule has 0 saturated carbocycles. The monoisotopic (exact) mass is 246 g/mol. The molecular weight excluding hydrogens is 223 g/mol. The molecule has 86 valence electrons. The van der Waals surface area contributed by atoms with Gasteiger partial charge in [0.1, 0.15) is 5.75 Å². The molecule has 1 aromatic rings. The van der Waals surface area contributed by atoms with Crippen LogP contribution in [-0.2, 0) is 10.8 Å². The van der Waals surface area contributed by atoms with Gasteiger partial charge >= 0.3 is 51.4 Å². The minimum absolute atomic E-state index is 0. The van der Waals surface area contributed by atoms with Crippen molar-refractivity contribution >= 4 is 51.4 Å². The number of benzene rings is 1. The van der Waals surface area contributed by atoms with Gasteiger partial charge in [0, 0.05) is 0 Å². The fourth-order valence-electron chi connectivity index (χ4n) is 1.48. The molecule has 1 nitrogen and oxygen atoms in total. The van der Waals surface area contributed by atoms with E-state index in [2.05, 4.69) is 47.6 Å². The van der Waals surface area contributed by atoms with Crippen molar-refractivity contribution in [2.24, 2.45) is 0 Å². The van der Waals surface area contributed by atoms with Gasteiger partial charge in [-0.1, -0.05) is 47.6 Å². The van der Waals surface area contributed by atoms with Crippen LogP contribution in [0.1, 0.15) is 52.7 Å². The number of hydrogen-bond acceptors (Lipinski definition) is 1. The van der Waals surface area contributed by atoms with Crippen molar-refractivity contribution in [3.63, 3.8) is 0 Å². The summed E-state index contributed by atoms with van der Waals surface area (Å²) >= 11 is 0. The van der Waals surface area contributed by atoms with Gasteiger partial charge in [0.15, 0.2) is 0 Å². The van der Waals surface area contributed by atoms with E-state index in [0.29, 0.717) is 5.75 Å². The third kappa shape index (κ3) is 4.50. The fraction of sp³-hybridized carbons (Fsp3) is 0.571. The van der Waals surface area contributed by atoms with Crippen LogP contribution >= 0.6 is 0 Å². The average Bonchev–Trinajstić information content (AvgIpc) is 1.99. The summed E-state index contributed by atoms with van der Waals surface area (Å²) in [5.41, 5.74) is 2.54. The third-order valence-electron chi connectivity index (χ3n) is 2.65. The molecule has 1 aromatic carbocycles. The summed E-state index contributed by atoms with van der Waals surface area (Å²) in [6.45, 7) is 13.0. The molecular formula is C14H23KO. The Bertz CT molecular complexity index is 324. The molecule has 0 heterocycles. The van der Waals surface area contributed by atoms with Gasteiger partial charge in [-0.2, -0.15) is 0 Å². The van der Waals surface area contributed by atoms with Crippen molar-refractivity contribution < 1.29 is 5.11 Å². The first kappa shape index (κ1) is 16.7. The minimum atomic E-state index is 0. The summed E-state index contributed by atoms with van der Waals surface area (Å²) in [5.74, 6) is 0.368. The quantitative estimate of drug-likeness (QED) is 0.696. The molecule has 0 unspecified atom stereocenters. The van der Waals surface area contributed by atoms with Crippen LogP contribution in [0, 0.1) is 0 Å². The molecule has 0 saturated heterocycles. The van der Waals surface area contributed by atoms with Crippen LogP contribution in [0.3, 0.4) is 0 Å². The molecule has 0 aliphatic carbocycles. The van der Waals surface area contributed by atoms with Crippen LogP contribution in [-0.4, -0.2) is 56.5 Å². The molecule has 0 radical (unpaired) electrons. The first-order chi connectivity index (χ1) is 6.60. The number of phenolic OH excluding ortho intramolecular Hbond substituents is 1. The summed E-state index contributed by atoms with van der Waals surface area (Å²) in [4.78, 5) is 0. The second kappa shape index (κ2) is 5.53. The number of rotatable bonds is 0. The van der Waals surface area contributed by atoms with E-state index in [1.165, 1.54) is 11.1 Å². The van der Waals surface area contributed by atoms with Crippen molar-refractivity contribution in [1.29, 1.82) is 0 Å². The van der Waals surface area contributed by atoms with Crippen molar-refractivity contribution in [3.05, 3.63) is 29.3 Å².